The minimum Gasteiger partial charge on any atom is -0.480 e. The zero-order valence-electron chi connectivity index (χ0n) is 23.4. The molecule has 228 valence electrons. The molecule has 0 aliphatic carbocycles. The van der Waals surface area contributed by atoms with E-state index in [4.69, 9.17) is 17.0 Å². The Morgan fingerprint density at radius 2 is 1.84 bits per heavy atom. The van der Waals surface area contributed by atoms with Gasteiger partial charge in [0.2, 0.25) is 5.88 Å². The summed E-state index contributed by atoms with van der Waals surface area (Å²) in [4.78, 5) is 30.5. The summed E-state index contributed by atoms with van der Waals surface area (Å²) in [5.41, 5.74) is 1.97. The van der Waals surface area contributed by atoms with Crippen LogP contribution in [0.15, 0.2) is 90.0 Å². The first kappa shape index (κ1) is 30.2. The summed E-state index contributed by atoms with van der Waals surface area (Å²) in [5.74, 6) is -1.86. The number of aromatic amines is 1. The van der Waals surface area contributed by atoms with E-state index in [9.17, 15) is 27.9 Å². The second-order valence-corrected chi connectivity index (χ2v) is 11.8. The van der Waals surface area contributed by atoms with Gasteiger partial charge in [0.1, 0.15) is 16.1 Å². The number of nitrogens with zero attached hydrogens (tertiary/aromatic N) is 3. The highest BCUT2D eigenvalue weighted by atomic mass is 32.2. The first-order chi connectivity index (χ1) is 21.5. The molecule has 0 saturated carbocycles. The molecule has 1 atom stereocenters. The van der Waals surface area contributed by atoms with Gasteiger partial charge in [-0.25, -0.2) is 4.79 Å². The number of halogens is 3. The van der Waals surface area contributed by atoms with Crippen LogP contribution in [0.3, 0.4) is 0 Å². The van der Waals surface area contributed by atoms with E-state index < -0.39 is 29.7 Å². The van der Waals surface area contributed by atoms with Crippen LogP contribution in [-0.4, -0.2) is 47.0 Å². The van der Waals surface area contributed by atoms with Gasteiger partial charge in [-0.2, -0.15) is 23.0 Å². The van der Waals surface area contributed by atoms with Crippen molar-refractivity contribution in [3.8, 4) is 17.3 Å². The lowest BCUT2D eigenvalue weighted by atomic mass is 10.0. The zero-order chi connectivity index (χ0) is 31.9. The Kier molecular flexibility index (Phi) is 7.97. The number of carboxylic acids is 1. The van der Waals surface area contributed by atoms with Crippen LogP contribution in [-0.2, 0) is 22.2 Å². The van der Waals surface area contributed by atoms with E-state index in [2.05, 4.69) is 10.1 Å². The highest BCUT2D eigenvalue weighted by Gasteiger charge is 2.41. The van der Waals surface area contributed by atoms with Gasteiger partial charge in [-0.15, -0.1) is 0 Å². The highest BCUT2D eigenvalue weighted by Crippen LogP contribution is 2.40. The number of para-hydroxylation sites is 2. The average Bonchev–Trinajstić information content (AvgIpc) is 3.65. The molecule has 2 aromatic heterocycles. The Bertz CT molecular complexity index is 1990. The van der Waals surface area contributed by atoms with Crippen molar-refractivity contribution in [3.05, 3.63) is 112 Å². The maximum atomic E-state index is 13.8. The van der Waals surface area contributed by atoms with Gasteiger partial charge in [-0.3, -0.25) is 9.69 Å². The summed E-state index contributed by atoms with van der Waals surface area (Å²) < 4.78 is 47.9. The van der Waals surface area contributed by atoms with Crippen molar-refractivity contribution in [2.45, 2.75) is 25.6 Å². The number of benzene rings is 3. The lowest BCUT2D eigenvalue weighted by Gasteiger charge is -2.23. The number of ether oxygens (including phenoxy) is 1. The Labute approximate surface area is 264 Å². The number of hydrogen-bond donors (Lipinski definition) is 2. The van der Waals surface area contributed by atoms with E-state index in [0.717, 1.165) is 39.7 Å². The van der Waals surface area contributed by atoms with Gasteiger partial charge in [0.25, 0.3) is 5.91 Å². The number of rotatable bonds is 8. The summed E-state index contributed by atoms with van der Waals surface area (Å²) in [6.45, 7) is 1.67. The van der Waals surface area contributed by atoms with Gasteiger partial charge in [0.15, 0.2) is 0 Å². The number of hydrogen-bond acceptors (Lipinski definition) is 6. The summed E-state index contributed by atoms with van der Waals surface area (Å²) in [5, 5.41) is 15.6. The van der Waals surface area contributed by atoms with Gasteiger partial charge in [0, 0.05) is 23.5 Å². The SMILES string of the molecule is Cc1nn(-c2ccccc2)c(Oc2cccc(C(F)(F)F)c2)c1/C=C1\SC(=S)N([C@@H](Cc2c[nH]c3ccccc23)C(=O)O)C1=O. The molecule has 1 aliphatic heterocycles. The molecule has 5 aromatic rings. The molecule has 1 fully saturated rings. The molecular weight excluding hydrogens is 626 g/mol. The number of carbonyl (C=O) groups is 2. The fourth-order valence-electron chi connectivity index (χ4n) is 5.05. The predicted molar refractivity (Wildman–Crippen MR) is 168 cm³/mol. The van der Waals surface area contributed by atoms with Gasteiger partial charge >= 0.3 is 12.1 Å². The molecule has 6 rings (SSSR count). The van der Waals surface area contributed by atoms with Gasteiger partial charge in [-0.1, -0.05) is 66.4 Å². The number of thiocarbonyl (C=S) groups is 1. The molecule has 0 bridgehead atoms. The van der Waals surface area contributed by atoms with Crippen molar-refractivity contribution < 1.29 is 32.6 Å². The highest BCUT2D eigenvalue weighted by molar-refractivity contribution is 8.26. The Morgan fingerprint density at radius 1 is 1.11 bits per heavy atom. The minimum atomic E-state index is -4.58. The summed E-state index contributed by atoms with van der Waals surface area (Å²) in [6.07, 6.45) is -1.38. The average molecular weight is 649 g/mol. The number of aliphatic carboxylic acids is 1. The number of aryl methyl sites for hydroxylation is 1. The van der Waals surface area contributed by atoms with Crippen molar-refractivity contribution in [1.82, 2.24) is 19.7 Å². The molecule has 1 amide bonds. The topological polar surface area (TPSA) is 100 Å². The van der Waals surface area contributed by atoms with Crippen molar-refractivity contribution in [1.29, 1.82) is 0 Å². The normalized spacial score (nSPS) is 15.3. The molecule has 1 saturated heterocycles. The van der Waals surface area contributed by atoms with Crippen molar-refractivity contribution in [2.24, 2.45) is 0 Å². The Morgan fingerprint density at radius 3 is 2.58 bits per heavy atom. The molecule has 45 heavy (non-hydrogen) atoms. The number of carboxylic acid groups (broad SMARTS) is 1. The number of nitrogens with one attached hydrogen (secondary N) is 1. The minimum absolute atomic E-state index is 0.00788. The standard InChI is InChI=1S/C32H23F3N4O4S2/c1-18-24(29(39(37-18)21-9-3-2-4-10-21)43-22-11-7-8-20(15-22)32(33,34)35)16-27-28(40)38(31(44)45-27)26(30(41)42)14-19-17-36-25-13-6-5-12-23(19)25/h2-13,15-17,26,36H,14H2,1H3,(H,41,42)/b27-16-/t26-/m0/s1. The number of amides is 1. The number of aromatic nitrogens is 3. The number of H-pyrrole nitrogens is 1. The molecular formula is C32H23F3N4O4S2. The van der Waals surface area contributed by atoms with Crippen LogP contribution in [0.25, 0.3) is 22.7 Å². The van der Waals surface area contributed by atoms with Crippen LogP contribution in [0.1, 0.15) is 22.4 Å². The molecule has 13 heteroatoms. The fraction of sp³-hybridized carbons (Fsp3) is 0.125. The third-order valence-electron chi connectivity index (χ3n) is 7.22. The van der Waals surface area contributed by atoms with Crippen LogP contribution < -0.4 is 4.74 Å². The maximum Gasteiger partial charge on any atom is 0.416 e. The van der Waals surface area contributed by atoms with Crippen molar-refractivity contribution >= 4 is 57.2 Å². The van der Waals surface area contributed by atoms with E-state index in [1.54, 1.807) is 43.5 Å². The maximum absolute atomic E-state index is 13.8. The third kappa shape index (κ3) is 5.96. The first-order valence-corrected chi connectivity index (χ1v) is 14.8. The van der Waals surface area contributed by atoms with Gasteiger partial charge in [-0.05, 0) is 55.0 Å². The lowest BCUT2D eigenvalue weighted by molar-refractivity contribution is -0.145. The second kappa shape index (κ2) is 11.9. The van der Waals surface area contributed by atoms with E-state index in [-0.39, 0.29) is 27.3 Å². The van der Waals surface area contributed by atoms with Crippen LogP contribution in [0, 0.1) is 6.92 Å². The number of fused-ring (bicyclic) bond motifs is 1. The smallest absolute Gasteiger partial charge is 0.416 e. The molecule has 1 aliphatic rings. The summed E-state index contributed by atoms with van der Waals surface area (Å²) in [7, 11) is 0. The van der Waals surface area contributed by atoms with E-state index in [1.165, 1.54) is 22.9 Å². The third-order valence-corrected chi connectivity index (χ3v) is 8.55. The van der Waals surface area contributed by atoms with Crippen LogP contribution in [0.4, 0.5) is 13.2 Å². The molecule has 2 N–H and O–H groups in total. The summed E-state index contributed by atoms with van der Waals surface area (Å²) >= 11 is 6.43. The van der Waals surface area contributed by atoms with Crippen LogP contribution >= 0.6 is 24.0 Å². The number of carbonyl (C=O) groups excluding carboxylic acids is 1. The Balaban J connectivity index is 1.38. The quantitative estimate of drug-likeness (QED) is 0.134. The number of thioether (sulfide) groups is 1. The zero-order valence-corrected chi connectivity index (χ0v) is 25.0. The molecule has 3 heterocycles. The van der Waals surface area contributed by atoms with E-state index >= 15 is 0 Å². The van der Waals surface area contributed by atoms with Gasteiger partial charge < -0.3 is 14.8 Å². The molecule has 0 spiro atoms. The first-order valence-electron chi connectivity index (χ1n) is 13.6. The van der Waals surface area contributed by atoms with Gasteiger partial charge in [0.05, 0.1) is 27.4 Å². The fourth-order valence-corrected chi connectivity index (χ4v) is 6.39. The van der Waals surface area contributed by atoms with Crippen LogP contribution in [0.2, 0.25) is 0 Å². The molecule has 3 aromatic carbocycles. The van der Waals surface area contributed by atoms with Crippen molar-refractivity contribution in [2.75, 3.05) is 0 Å². The van der Waals surface area contributed by atoms with E-state index in [0.29, 0.717) is 22.5 Å². The predicted octanol–water partition coefficient (Wildman–Crippen LogP) is 7.37. The molecule has 0 unspecified atom stereocenters. The monoisotopic (exact) mass is 648 g/mol. The number of alkyl halides is 3. The second-order valence-electron chi connectivity index (χ2n) is 10.1. The van der Waals surface area contributed by atoms with Crippen molar-refractivity contribution in [3.63, 3.8) is 0 Å². The summed E-state index contributed by atoms with van der Waals surface area (Å²) in [6, 6.07) is 19.4. The Hall–Kier alpha value is -4.88. The molecule has 0 radical (unpaired) electrons. The molecule has 8 nitrogen and oxygen atoms in total. The van der Waals surface area contributed by atoms with E-state index in [1.807, 2.05) is 24.3 Å². The lowest BCUT2D eigenvalue weighted by Crippen LogP contribution is -2.45. The largest absolute Gasteiger partial charge is 0.480 e. The van der Waals surface area contributed by atoms with Crippen LogP contribution in [0.5, 0.6) is 11.6 Å².